The maximum atomic E-state index is 12.8. The van der Waals surface area contributed by atoms with Crippen LogP contribution in [0.2, 0.25) is 0 Å². The second-order valence-corrected chi connectivity index (χ2v) is 7.91. The van der Waals surface area contributed by atoms with Crippen molar-refractivity contribution in [2.75, 3.05) is 13.1 Å². The van der Waals surface area contributed by atoms with Gasteiger partial charge in [0.15, 0.2) is 5.58 Å². The molecule has 1 aromatic carbocycles. The van der Waals surface area contributed by atoms with Gasteiger partial charge in [0, 0.05) is 24.9 Å². The molecule has 0 radical (unpaired) electrons. The second kappa shape index (κ2) is 6.69. The lowest BCUT2D eigenvalue weighted by Crippen LogP contribution is -2.38. The van der Waals surface area contributed by atoms with Crippen molar-refractivity contribution >= 4 is 21.0 Å². The van der Waals surface area contributed by atoms with Crippen molar-refractivity contribution < 1.29 is 12.9 Å². The van der Waals surface area contributed by atoms with Gasteiger partial charge in [-0.15, -0.1) is 0 Å². The number of aromatic nitrogens is 1. The molecule has 122 valence electrons. The van der Waals surface area contributed by atoms with Crippen LogP contribution in [0, 0.1) is 17.2 Å². The van der Waals surface area contributed by atoms with Gasteiger partial charge in [-0.05, 0) is 30.9 Å². The van der Waals surface area contributed by atoms with Crippen molar-refractivity contribution in [1.82, 2.24) is 9.46 Å². The minimum atomic E-state index is -3.52. The third-order valence-electron chi connectivity index (χ3n) is 4.32. The molecule has 6 nitrogen and oxygen atoms in total. The lowest BCUT2D eigenvalue weighted by atomic mass is 9.85. The Kier molecular flexibility index (Phi) is 4.64. The van der Waals surface area contributed by atoms with Gasteiger partial charge >= 0.3 is 0 Å². The Labute approximate surface area is 135 Å². The van der Waals surface area contributed by atoms with Gasteiger partial charge < -0.3 is 4.52 Å². The smallest absolute Gasteiger partial charge is 0.220 e. The molecular weight excluding hydrogens is 314 g/mol. The Hall–Kier alpha value is -1.91. The predicted octanol–water partition coefficient (Wildman–Crippen LogP) is 2.67. The summed E-state index contributed by atoms with van der Waals surface area (Å²) in [6, 6.07) is 9.25. The zero-order chi connectivity index (χ0) is 16.3. The topological polar surface area (TPSA) is 87.2 Å². The number of sulfonamides is 1. The van der Waals surface area contributed by atoms with Crippen LogP contribution in [-0.4, -0.2) is 31.0 Å². The molecule has 23 heavy (non-hydrogen) atoms. The van der Waals surface area contributed by atoms with E-state index in [1.807, 2.05) is 24.3 Å². The van der Waals surface area contributed by atoms with Gasteiger partial charge in [0.25, 0.3) is 0 Å². The van der Waals surface area contributed by atoms with E-state index in [1.54, 1.807) is 6.07 Å². The van der Waals surface area contributed by atoms with Gasteiger partial charge in [0.2, 0.25) is 10.0 Å². The number of nitriles is 1. The molecule has 0 aliphatic heterocycles. The molecule has 0 N–H and O–H groups in total. The van der Waals surface area contributed by atoms with Gasteiger partial charge in [-0.3, -0.25) is 0 Å². The summed E-state index contributed by atoms with van der Waals surface area (Å²) in [5, 5.41) is 13.4. The standard InChI is InChI=1S/C16H19N3O3S/c17-9-4-10-19(11-13-5-3-6-13)23(20,21)12-15-14-7-1-2-8-16(14)22-18-15/h1-2,7-8,13H,3-6,10-12H2. The normalized spacial score (nSPS) is 15.7. The third kappa shape index (κ3) is 3.54. The highest BCUT2D eigenvalue weighted by molar-refractivity contribution is 7.88. The van der Waals surface area contributed by atoms with Crippen LogP contribution in [-0.2, 0) is 15.8 Å². The van der Waals surface area contributed by atoms with Crippen LogP contribution in [0.15, 0.2) is 28.8 Å². The van der Waals surface area contributed by atoms with E-state index < -0.39 is 10.0 Å². The molecule has 1 fully saturated rings. The lowest BCUT2D eigenvalue weighted by Gasteiger charge is -2.31. The van der Waals surface area contributed by atoms with Crippen molar-refractivity contribution in [3.05, 3.63) is 30.0 Å². The van der Waals surface area contributed by atoms with Crippen LogP contribution < -0.4 is 0 Å². The van der Waals surface area contributed by atoms with Gasteiger partial charge in [-0.2, -0.15) is 5.26 Å². The molecule has 1 aliphatic rings. The van der Waals surface area contributed by atoms with E-state index in [1.165, 1.54) is 4.31 Å². The average molecular weight is 333 g/mol. The fourth-order valence-electron chi connectivity index (χ4n) is 2.79. The maximum Gasteiger partial charge on any atom is 0.220 e. The Balaban J connectivity index is 1.80. The van der Waals surface area contributed by atoms with Crippen LogP contribution in [0.5, 0.6) is 0 Å². The fraction of sp³-hybridized carbons (Fsp3) is 0.500. The molecule has 0 unspecified atom stereocenters. The minimum absolute atomic E-state index is 0.192. The van der Waals surface area contributed by atoms with Gasteiger partial charge in [-0.25, -0.2) is 12.7 Å². The van der Waals surface area contributed by atoms with Crippen molar-refractivity contribution in [3.63, 3.8) is 0 Å². The van der Waals surface area contributed by atoms with Crippen LogP contribution >= 0.6 is 0 Å². The molecule has 2 aromatic rings. The zero-order valence-electron chi connectivity index (χ0n) is 12.8. The summed E-state index contributed by atoms with van der Waals surface area (Å²) in [6.07, 6.45) is 3.48. The van der Waals surface area contributed by atoms with E-state index in [-0.39, 0.29) is 18.7 Å². The van der Waals surface area contributed by atoms with Crippen LogP contribution in [0.3, 0.4) is 0 Å². The summed E-state index contributed by atoms with van der Waals surface area (Å²) >= 11 is 0. The average Bonchev–Trinajstić information content (AvgIpc) is 2.88. The summed E-state index contributed by atoms with van der Waals surface area (Å²) in [4.78, 5) is 0. The maximum absolute atomic E-state index is 12.8. The summed E-state index contributed by atoms with van der Waals surface area (Å²) in [6.45, 7) is 0.741. The quantitative estimate of drug-likeness (QED) is 0.777. The SMILES string of the molecule is N#CCCN(CC1CCC1)S(=O)(=O)Cc1noc2ccccc12. The highest BCUT2D eigenvalue weighted by Crippen LogP contribution is 2.29. The molecule has 0 bridgehead atoms. The number of benzene rings is 1. The summed E-state index contributed by atoms with van der Waals surface area (Å²) < 4.78 is 32.1. The molecule has 1 aliphatic carbocycles. The van der Waals surface area contributed by atoms with Crippen LogP contribution in [0.1, 0.15) is 31.4 Å². The van der Waals surface area contributed by atoms with Crippen molar-refractivity contribution in [2.45, 2.75) is 31.4 Å². The van der Waals surface area contributed by atoms with Gasteiger partial charge in [0.1, 0.15) is 11.4 Å². The lowest BCUT2D eigenvalue weighted by molar-refractivity contribution is 0.247. The van der Waals surface area contributed by atoms with E-state index in [0.717, 1.165) is 24.6 Å². The van der Waals surface area contributed by atoms with Crippen molar-refractivity contribution in [2.24, 2.45) is 5.92 Å². The van der Waals surface area contributed by atoms with E-state index in [4.69, 9.17) is 9.78 Å². The zero-order valence-corrected chi connectivity index (χ0v) is 13.6. The van der Waals surface area contributed by atoms with E-state index in [0.29, 0.717) is 23.7 Å². The molecule has 1 aromatic heterocycles. The number of hydrogen-bond acceptors (Lipinski definition) is 5. The Bertz CT molecular complexity index is 818. The van der Waals surface area contributed by atoms with E-state index in [9.17, 15) is 8.42 Å². The molecule has 3 rings (SSSR count). The summed E-state index contributed by atoms with van der Waals surface area (Å²) in [5.74, 6) is 0.222. The Morgan fingerprint density at radius 1 is 1.35 bits per heavy atom. The van der Waals surface area contributed by atoms with Crippen molar-refractivity contribution in [3.8, 4) is 6.07 Å². The highest BCUT2D eigenvalue weighted by Gasteiger charge is 2.29. The van der Waals surface area contributed by atoms with E-state index >= 15 is 0 Å². The fourth-order valence-corrected chi connectivity index (χ4v) is 4.33. The summed E-state index contributed by atoms with van der Waals surface area (Å²) in [7, 11) is -3.52. The first-order chi connectivity index (χ1) is 11.1. The molecule has 0 spiro atoms. The number of hydrogen-bond donors (Lipinski definition) is 0. The largest absolute Gasteiger partial charge is 0.356 e. The first kappa shape index (κ1) is 16.0. The second-order valence-electron chi connectivity index (χ2n) is 5.94. The molecule has 7 heteroatoms. The first-order valence-electron chi connectivity index (χ1n) is 7.78. The number of rotatable bonds is 7. The summed E-state index contributed by atoms with van der Waals surface area (Å²) in [5.41, 5.74) is 1.01. The minimum Gasteiger partial charge on any atom is -0.356 e. The molecule has 1 saturated carbocycles. The Morgan fingerprint density at radius 2 is 2.13 bits per heavy atom. The molecular formula is C16H19N3O3S. The first-order valence-corrected chi connectivity index (χ1v) is 9.39. The molecule has 1 heterocycles. The van der Waals surface area contributed by atoms with Gasteiger partial charge in [-0.1, -0.05) is 23.7 Å². The van der Waals surface area contributed by atoms with Crippen LogP contribution in [0.25, 0.3) is 11.0 Å². The third-order valence-corrected chi connectivity index (χ3v) is 6.08. The molecule has 0 saturated heterocycles. The monoisotopic (exact) mass is 333 g/mol. The number of fused-ring (bicyclic) bond motifs is 1. The molecule has 0 atom stereocenters. The van der Waals surface area contributed by atoms with Gasteiger partial charge in [0.05, 0.1) is 6.07 Å². The number of para-hydroxylation sites is 1. The highest BCUT2D eigenvalue weighted by atomic mass is 32.2. The van der Waals surface area contributed by atoms with E-state index in [2.05, 4.69) is 5.16 Å². The van der Waals surface area contributed by atoms with Crippen LogP contribution in [0.4, 0.5) is 0 Å². The predicted molar refractivity (Wildman–Crippen MR) is 85.8 cm³/mol. The Morgan fingerprint density at radius 3 is 2.83 bits per heavy atom. The molecule has 0 amide bonds. The number of nitrogens with zero attached hydrogens (tertiary/aromatic N) is 3. The van der Waals surface area contributed by atoms with Crippen molar-refractivity contribution in [1.29, 1.82) is 5.26 Å².